The molecule has 0 aliphatic carbocycles. The standard InChI is InChI=1S/C14H11N3O3/c18-14(19)13-11(4-3-6-15-13)20-9-10-8-17-7-2-1-5-12(17)16-10/h1-8H,9H2,(H,18,19). The molecule has 0 amide bonds. The van der Waals surface area contributed by atoms with Crippen molar-refractivity contribution >= 4 is 11.6 Å². The van der Waals surface area contributed by atoms with Gasteiger partial charge in [-0.3, -0.25) is 0 Å². The fourth-order valence-electron chi connectivity index (χ4n) is 1.88. The quantitative estimate of drug-likeness (QED) is 0.784. The number of nitrogens with zero attached hydrogens (tertiary/aromatic N) is 3. The molecule has 1 N–H and O–H groups in total. The van der Waals surface area contributed by atoms with E-state index in [1.807, 2.05) is 35.0 Å². The predicted molar refractivity (Wildman–Crippen MR) is 70.7 cm³/mol. The van der Waals surface area contributed by atoms with Crippen LogP contribution in [-0.2, 0) is 6.61 Å². The molecule has 0 saturated heterocycles. The Hall–Kier alpha value is -2.89. The molecule has 0 aromatic carbocycles. The third kappa shape index (κ3) is 2.31. The average Bonchev–Trinajstić information content (AvgIpc) is 2.88. The Kier molecular flexibility index (Phi) is 3.04. The number of fused-ring (bicyclic) bond motifs is 1. The lowest BCUT2D eigenvalue weighted by molar-refractivity contribution is 0.0684. The van der Waals surface area contributed by atoms with Crippen LogP contribution in [0.25, 0.3) is 5.65 Å². The molecule has 100 valence electrons. The summed E-state index contributed by atoms with van der Waals surface area (Å²) < 4.78 is 7.37. The second kappa shape index (κ2) is 5.00. The van der Waals surface area contributed by atoms with Gasteiger partial charge in [0.1, 0.15) is 12.3 Å². The molecule has 0 fully saturated rings. The molecule has 3 rings (SSSR count). The number of imidazole rings is 1. The number of hydrogen-bond donors (Lipinski definition) is 1. The van der Waals surface area contributed by atoms with E-state index in [9.17, 15) is 4.79 Å². The summed E-state index contributed by atoms with van der Waals surface area (Å²) in [6, 6.07) is 8.90. The summed E-state index contributed by atoms with van der Waals surface area (Å²) >= 11 is 0. The van der Waals surface area contributed by atoms with Gasteiger partial charge in [0.25, 0.3) is 0 Å². The third-order valence-corrected chi connectivity index (χ3v) is 2.76. The van der Waals surface area contributed by atoms with Crippen LogP contribution in [-0.4, -0.2) is 25.4 Å². The number of carboxylic acids is 1. The highest BCUT2D eigenvalue weighted by Gasteiger charge is 2.12. The average molecular weight is 269 g/mol. The maximum absolute atomic E-state index is 11.0. The Balaban J connectivity index is 1.81. The second-order valence-corrected chi connectivity index (χ2v) is 4.14. The lowest BCUT2D eigenvalue weighted by Gasteiger charge is -2.05. The summed E-state index contributed by atoms with van der Waals surface area (Å²) in [6.07, 6.45) is 5.14. The van der Waals surface area contributed by atoms with Gasteiger partial charge in [-0.25, -0.2) is 14.8 Å². The molecule has 0 radical (unpaired) electrons. The van der Waals surface area contributed by atoms with Crippen molar-refractivity contribution in [3.8, 4) is 5.75 Å². The Morgan fingerprint density at radius 2 is 2.20 bits per heavy atom. The monoisotopic (exact) mass is 269 g/mol. The van der Waals surface area contributed by atoms with Crippen molar-refractivity contribution in [1.82, 2.24) is 14.4 Å². The molecule has 3 heterocycles. The van der Waals surface area contributed by atoms with E-state index in [2.05, 4.69) is 9.97 Å². The molecule has 20 heavy (non-hydrogen) atoms. The van der Waals surface area contributed by atoms with Crippen LogP contribution in [0.2, 0.25) is 0 Å². The zero-order chi connectivity index (χ0) is 13.9. The van der Waals surface area contributed by atoms with Gasteiger partial charge in [0.2, 0.25) is 0 Å². The van der Waals surface area contributed by atoms with E-state index in [0.717, 1.165) is 11.3 Å². The number of aromatic carboxylic acids is 1. The molecule has 6 heteroatoms. The van der Waals surface area contributed by atoms with E-state index in [1.54, 1.807) is 12.1 Å². The smallest absolute Gasteiger partial charge is 0.358 e. The van der Waals surface area contributed by atoms with Crippen molar-refractivity contribution in [3.05, 3.63) is 60.3 Å². The van der Waals surface area contributed by atoms with Crippen molar-refractivity contribution in [3.63, 3.8) is 0 Å². The number of carboxylic acid groups (broad SMARTS) is 1. The first kappa shape index (κ1) is 12.2. The fraction of sp³-hybridized carbons (Fsp3) is 0.0714. The molecule has 3 aromatic heterocycles. The fourth-order valence-corrected chi connectivity index (χ4v) is 1.88. The number of rotatable bonds is 4. The van der Waals surface area contributed by atoms with Crippen LogP contribution >= 0.6 is 0 Å². The van der Waals surface area contributed by atoms with E-state index in [4.69, 9.17) is 9.84 Å². The van der Waals surface area contributed by atoms with E-state index < -0.39 is 5.97 Å². The van der Waals surface area contributed by atoms with Crippen LogP contribution in [0, 0.1) is 0 Å². The minimum absolute atomic E-state index is 0.101. The molecule has 0 atom stereocenters. The largest absolute Gasteiger partial charge is 0.485 e. The summed E-state index contributed by atoms with van der Waals surface area (Å²) in [4.78, 5) is 19.2. The van der Waals surface area contributed by atoms with Crippen molar-refractivity contribution in [2.45, 2.75) is 6.61 Å². The molecule has 0 bridgehead atoms. The van der Waals surface area contributed by atoms with Gasteiger partial charge in [-0.2, -0.15) is 0 Å². The Labute approximate surface area is 114 Å². The summed E-state index contributed by atoms with van der Waals surface area (Å²) in [6.45, 7) is 0.188. The number of ether oxygens (including phenoxy) is 1. The SMILES string of the molecule is O=C(O)c1ncccc1OCc1cn2ccccc2n1. The number of aromatic nitrogens is 3. The van der Waals surface area contributed by atoms with Gasteiger partial charge < -0.3 is 14.2 Å². The van der Waals surface area contributed by atoms with Gasteiger partial charge in [-0.1, -0.05) is 6.07 Å². The summed E-state index contributed by atoms with van der Waals surface area (Å²) in [5, 5.41) is 9.01. The van der Waals surface area contributed by atoms with Crippen LogP contribution in [0.15, 0.2) is 48.9 Å². The molecule has 0 saturated carbocycles. The summed E-state index contributed by atoms with van der Waals surface area (Å²) in [5.41, 5.74) is 1.43. The van der Waals surface area contributed by atoms with Crippen LogP contribution in [0.3, 0.4) is 0 Å². The van der Waals surface area contributed by atoms with Gasteiger partial charge >= 0.3 is 5.97 Å². The van der Waals surface area contributed by atoms with Gasteiger partial charge in [0, 0.05) is 18.6 Å². The van der Waals surface area contributed by atoms with Crippen LogP contribution < -0.4 is 4.74 Å². The van der Waals surface area contributed by atoms with Gasteiger partial charge in [0.05, 0.1) is 5.69 Å². The highest BCUT2D eigenvalue weighted by atomic mass is 16.5. The number of pyridine rings is 2. The van der Waals surface area contributed by atoms with E-state index in [0.29, 0.717) is 0 Å². The highest BCUT2D eigenvalue weighted by molar-refractivity contribution is 5.88. The Morgan fingerprint density at radius 1 is 1.30 bits per heavy atom. The molecular weight excluding hydrogens is 258 g/mol. The maximum atomic E-state index is 11.0. The maximum Gasteiger partial charge on any atom is 0.358 e. The summed E-state index contributed by atoms with van der Waals surface area (Å²) in [5.74, 6) is -0.882. The zero-order valence-electron chi connectivity index (χ0n) is 10.4. The minimum Gasteiger partial charge on any atom is -0.485 e. The van der Waals surface area contributed by atoms with Crippen molar-refractivity contribution in [1.29, 1.82) is 0 Å². The molecule has 0 unspecified atom stereocenters. The Morgan fingerprint density at radius 3 is 3.00 bits per heavy atom. The van der Waals surface area contributed by atoms with Crippen LogP contribution in [0.1, 0.15) is 16.2 Å². The number of hydrogen-bond acceptors (Lipinski definition) is 4. The molecule has 3 aromatic rings. The van der Waals surface area contributed by atoms with Gasteiger partial charge in [0.15, 0.2) is 11.4 Å². The van der Waals surface area contributed by atoms with Gasteiger partial charge in [-0.15, -0.1) is 0 Å². The normalized spacial score (nSPS) is 10.6. The van der Waals surface area contributed by atoms with E-state index in [-0.39, 0.29) is 18.1 Å². The summed E-state index contributed by atoms with van der Waals surface area (Å²) in [7, 11) is 0. The topological polar surface area (TPSA) is 76.7 Å². The Bertz CT molecular complexity index is 734. The van der Waals surface area contributed by atoms with Gasteiger partial charge in [-0.05, 0) is 24.3 Å². The lowest BCUT2D eigenvalue weighted by atomic mass is 10.3. The van der Waals surface area contributed by atoms with Crippen molar-refractivity contribution in [2.75, 3.05) is 0 Å². The highest BCUT2D eigenvalue weighted by Crippen LogP contribution is 2.17. The van der Waals surface area contributed by atoms with Crippen LogP contribution in [0.5, 0.6) is 5.75 Å². The van der Waals surface area contributed by atoms with E-state index >= 15 is 0 Å². The minimum atomic E-state index is -1.12. The first-order valence-electron chi connectivity index (χ1n) is 5.98. The van der Waals surface area contributed by atoms with Crippen LogP contribution in [0.4, 0.5) is 0 Å². The third-order valence-electron chi connectivity index (χ3n) is 2.76. The molecule has 0 aliphatic heterocycles. The molecular formula is C14H11N3O3. The molecule has 6 nitrogen and oxygen atoms in total. The molecule has 0 aliphatic rings. The second-order valence-electron chi connectivity index (χ2n) is 4.14. The van der Waals surface area contributed by atoms with Crippen molar-refractivity contribution < 1.29 is 14.6 Å². The lowest BCUT2D eigenvalue weighted by Crippen LogP contribution is -2.05. The van der Waals surface area contributed by atoms with Crippen molar-refractivity contribution in [2.24, 2.45) is 0 Å². The zero-order valence-corrected chi connectivity index (χ0v) is 10.4. The van der Waals surface area contributed by atoms with E-state index in [1.165, 1.54) is 6.20 Å². The first-order valence-corrected chi connectivity index (χ1v) is 5.98. The number of carbonyl (C=O) groups is 1. The first-order chi connectivity index (χ1) is 9.74. The predicted octanol–water partition coefficient (Wildman–Crippen LogP) is 2.01. The molecule has 0 spiro atoms.